The second kappa shape index (κ2) is 8.37. The summed E-state index contributed by atoms with van der Waals surface area (Å²) in [5.41, 5.74) is 5.36. The fraction of sp³-hybridized carbons (Fsp3) is 0.259. The van der Waals surface area contributed by atoms with Crippen LogP contribution in [0.1, 0.15) is 24.0 Å². The normalized spacial score (nSPS) is 16.7. The molecule has 0 saturated carbocycles. The lowest BCUT2D eigenvalue weighted by Crippen LogP contribution is -2.47. The Labute approximate surface area is 203 Å². The summed E-state index contributed by atoms with van der Waals surface area (Å²) in [5.74, 6) is 0. The molecule has 1 fully saturated rings. The van der Waals surface area contributed by atoms with E-state index in [0.717, 1.165) is 41.7 Å². The maximum absolute atomic E-state index is 12.7. The summed E-state index contributed by atoms with van der Waals surface area (Å²) in [5, 5.41) is 1.62. The first-order valence-electron chi connectivity index (χ1n) is 11.6. The largest absolute Gasteiger partial charge is 0.445 e. The van der Waals surface area contributed by atoms with Gasteiger partial charge in [0.25, 0.3) is 0 Å². The number of amides is 1. The summed E-state index contributed by atoms with van der Waals surface area (Å²) in [6, 6.07) is 20.4. The van der Waals surface area contributed by atoms with Crippen LogP contribution in [0.2, 0.25) is 5.02 Å². The lowest BCUT2D eigenvalue weighted by molar-refractivity contribution is 0.0791. The number of benzene rings is 2. The van der Waals surface area contributed by atoms with Gasteiger partial charge in [-0.2, -0.15) is 0 Å². The molecule has 1 spiro atoms. The molecular formula is C27H25ClN4O2. The van der Waals surface area contributed by atoms with Crippen LogP contribution in [0.3, 0.4) is 0 Å². The third kappa shape index (κ3) is 3.49. The predicted molar refractivity (Wildman–Crippen MR) is 134 cm³/mol. The summed E-state index contributed by atoms with van der Waals surface area (Å²) in [7, 11) is 0. The number of nitrogens with zero attached hydrogens (tertiary/aromatic N) is 3. The molecule has 0 atom stereocenters. The third-order valence-electron chi connectivity index (χ3n) is 7.21. The molecular weight excluding hydrogens is 448 g/mol. The summed E-state index contributed by atoms with van der Waals surface area (Å²) < 4.78 is 5.58. The van der Waals surface area contributed by atoms with Crippen LogP contribution >= 0.6 is 11.6 Å². The van der Waals surface area contributed by atoms with Crippen molar-refractivity contribution in [2.45, 2.75) is 24.9 Å². The van der Waals surface area contributed by atoms with Crippen LogP contribution in [0.25, 0.3) is 11.0 Å². The van der Waals surface area contributed by atoms with E-state index < -0.39 is 0 Å². The molecule has 2 aliphatic rings. The number of aromatic amines is 1. The number of anilines is 2. The zero-order valence-electron chi connectivity index (χ0n) is 18.7. The number of pyridine rings is 1. The average Bonchev–Trinajstić information content (AvgIpc) is 3.42. The second-order valence-electron chi connectivity index (χ2n) is 9.10. The van der Waals surface area contributed by atoms with Gasteiger partial charge in [0.05, 0.1) is 16.1 Å². The molecule has 2 aromatic heterocycles. The lowest BCUT2D eigenvalue weighted by Gasteiger charge is -2.39. The number of hydrogen-bond acceptors (Lipinski definition) is 4. The standard InChI is InChI=1S/C27H25ClN4O2/c28-21-16-30-25-24(21)23(10-13-29-25)32-18-27(20-8-4-5-9-22(20)32)11-14-31(15-12-27)26(33)34-17-19-6-2-1-3-7-19/h1-10,13,16H,11-12,14-15,17-18H2,(H,29,30). The number of likely N-dealkylation sites (tertiary alicyclic amines) is 1. The van der Waals surface area contributed by atoms with Gasteiger partial charge >= 0.3 is 6.09 Å². The highest BCUT2D eigenvalue weighted by molar-refractivity contribution is 6.36. The van der Waals surface area contributed by atoms with Crippen LogP contribution in [0.15, 0.2) is 73.1 Å². The molecule has 1 saturated heterocycles. The molecule has 0 radical (unpaired) electrons. The van der Waals surface area contributed by atoms with Crippen LogP contribution in [0.5, 0.6) is 0 Å². The Hall–Kier alpha value is -3.51. The quantitative estimate of drug-likeness (QED) is 0.395. The van der Waals surface area contributed by atoms with Gasteiger partial charge in [-0.3, -0.25) is 0 Å². The van der Waals surface area contributed by atoms with Crippen LogP contribution in [0, 0.1) is 0 Å². The Balaban J connectivity index is 1.23. The first-order chi connectivity index (χ1) is 16.6. The van der Waals surface area contributed by atoms with Gasteiger partial charge in [-0.05, 0) is 36.1 Å². The van der Waals surface area contributed by atoms with E-state index in [2.05, 4.69) is 39.1 Å². The highest BCUT2D eigenvalue weighted by Crippen LogP contribution is 2.51. The van der Waals surface area contributed by atoms with Gasteiger partial charge < -0.3 is 19.5 Å². The van der Waals surface area contributed by atoms with E-state index in [-0.39, 0.29) is 11.5 Å². The molecule has 1 N–H and O–H groups in total. The minimum Gasteiger partial charge on any atom is -0.445 e. The van der Waals surface area contributed by atoms with E-state index in [1.807, 2.05) is 47.5 Å². The topological polar surface area (TPSA) is 61.5 Å². The van der Waals surface area contributed by atoms with Gasteiger partial charge in [0.15, 0.2) is 0 Å². The number of carbonyl (C=O) groups is 1. The first-order valence-corrected chi connectivity index (χ1v) is 12.0. The van der Waals surface area contributed by atoms with Crippen molar-refractivity contribution >= 4 is 40.1 Å². The maximum atomic E-state index is 12.7. The van der Waals surface area contributed by atoms with Crippen LogP contribution < -0.4 is 4.90 Å². The highest BCUT2D eigenvalue weighted by Gasteiger charge is 2.46. The minimum atomic E-state index is -0.239. The van der Waals surface area contributed by atoms with Gasteiger partial charge in [0.1, 0.15) is 12.3 Å². The predicted octanol–water partition coefficient (Wildman–Crippen LogP) is 6.04. The summed E-state index contributed by atoms with van der Waals surface area (Å²) in [4.78, 5) is 24.5. The number of nitrogens with one attached hydrogen (secondary N) is 1. The number of halogens is 1. The number of fused-ring (bicyclic) bond motifs is 3. The molecule has 0 bridgehead atoms. The number of para-hydroxylation sites is 1. The fourth-order valence-corrected chi connectivity index (χ4v) is 5.67. The van der Waals surface area contributed by atoms with Gasteiger partial charge in [0.2, 0.25) is 0 Å². The van der Waals surface area contributed by atoms with E-state index >= 15 is 0 Å². The zero-order valence-corrected chi connectivity index (χ0v) is 19.5. The smallest absolute Gasteiger partial charge is 0.410 e. The Morgan fingerprint density at radius 2 is 1.79 bits per heavy atom. The Morgan fingerprint density at radius 3 is 2.62 bits per heavy atom. The number of ether oxygens (including phenoxy) is 1. The Kier molecular flexibility index (Phi) is 5.18. The van der Waals surface area contributed by atoms with Crippen LogP contribution in [0.4, 0.5) is 16.2 Å². The highest BCUT2D eigenvalue weighted by atomic mass is 35.5. The van der Waals surface area contributed by atoms with E-state index in [1.165, 1.54) is 11.3 Å². The van der Waals surface area contributed by atoms with Gasteiger partial charge in [-0.25, -0.2) is 9.78 Å². The number of carbonyl (C=O) groups excluding carboxylic acids is 1. The first kappa shape index (κ1) is 21.1. The van der Waals surface area contributed by atoms with Crippen molar-refractivity contribution in [1.29, 1.82) is 0 Å². The number of aromatic nitrogens is 2. The molecule has 1 amide bonds. The maximum Gasteiger partial charge on any atom is 0.410 e. The third-order valence-corrected chi connectivity index (χ3v) is 7.50. The molecule has 6 rings (SSSR count). The van der Waals surface area contributed by atoms with Crippen molar-refractivity contribution in [3.63, 3.8) is 0 Å². The molecule has 0 aliphatic carbocycles. The number of H-pyrrole nitrogens is 1. The van der Waals surface area contributed by atoms with E-state index in [1.54, 1.807) is 6.20 Å². The van der Waals surface area contributed by atoms with Crippen molar-refractivity contribution in [2.24, 2.45) is 0 Å². The summed E-state index contributed by atoms with van der Waals surface area (Å²) in [6.45, 7) is 2.49. The number of hydrogen-bond donors (Lipinski definition) is 1. The molecule has 0 unspecified atom stereocenters. The molecule has 4 aromatic rings. The van der Waals surface area contributed by atoms with E-state index in [0.29, 0.717) is 24.7 Å². The zero-order chi connectivity index (χ0) is 23.1. The fourth-order valence-electron chi connectivity index (χ4n) is 5.43. The minimum absolute atomic E-state index is 0.0226. The van der Waals surface area contributed by atoms with Crippen molar-refractivity contribution in [2.75, 3.05) is 24.5 Å². The molecule has 7 heteroatoms. The molecule has 4 heterocycles. The van der Waals surface area contributed by atoms with Crippen LogP contribution in [-0.2, 0) is 16.8 Å². The monoisotopic (exact) mass is 472 g/mol. The van der Waals surface area contributed by atoms with Crippen molar-refractivity contribution in [1.82, 2.24) is 14.9 Å². The molecule has 172 valence electrons. The van der Waals surface area contributed by atoms with Crippen molar-refractivity contribution in [3.8, 4) is 0 Å². The van der Waals surface area contributed by atoms with Gasteiger partial charge in [0, 0.05) is 43.1 Å². The van der Waals surface area contributed by atoms with Crippen molar-refractivity contribution in [3.05, 3.63) is 89.2 Å². The number of piperidine rings is 1. The number of rotatable bonds is 3. The second-order valence-corrected chi connectivity index (χ2v) is 9.51. The molecule has 34 heavy (non-hydrogen) atoms. The van der Waals surface area contributed by atoms with Crippen molar-refractivity contribution < 1.29 is 9.53 Å². The lowest BCUT2D eigenvalue weighted by atomic mass is 9.74. The van der Waals surface area contributed by atoms with Crippen LogP contribution in [-0.4, -0.2) is 40.6 Å². The molecule has 2 aliphatic heterocycles. The van der Waals surface area contributed by atoms with Gasteiger partial charge in [-0.1, -0.05) is 60.1 Å². The SMILES string of the molecule is O=C(OCc1ccccc1)N1CCC2(CC1)CN(c1ccnc3[nH]cc(Cl)c13)c1ccccc12. The summed E-state index contributed by atoms with van der Waals surface area (Å²) in [6.07, 6.45) is 5.15. The Morgan fingerprint density at radius 1 is 1.03 bits per heavy atom. The van der Waals surface area contributed by atoms with Gasteiger partial charge in [-0.15, -0.1) is 0 Å². The molecule has 2 aromatic carbocycles. The molecule has 6 nitrogen and oxygen atoms in total. The average molecular weight is 473 g/mol. The summed E-state index contributed by atoms with van der Waals surface area (Å²) >= 11 is 6.53. The van der Waals surface area contributed by atoms with E-state index in [4.69, 9.17) is 16.3 Å². The van der Waals surface area contributed by atoms with E-state index in [9.17, 15) is 4.79 Å². The Bertz CT molecular complexity index is 1350.